The summed E-state index contributed by atoms with van der Waals surface area (Å²) < 4.78 is 5.90. The van der Waals surface area contributed by atoms with Crippen molar-refractivity contribution in [3.8, 4) is 0 Å². The zero-order chi connectivity index (χ0) is 25.0. The average molecular weight is 468 g/mol. The molecule has 0 N–H and O–H groups in total. The predicted octanol–water partition coefficient (Wildman–Crippen LogP) is 9.33. The summed E-state index contributed by atoms with van der Waals surface area (Å²) in [6.45, 7) is 18.0. The van der Waals surface area contributed by atoms with E-state index in [4.69, 9.17) is 4.74 Å². The molecule has 0 aliphatic rings. The van der Waals surface area contributed by atoms with Crippen LogP contribution in [0.5, 0.6) is 0 Å². The Morgan fingerprint density at radius 3 is 1.58 bits per heavy atom. The summed E-state index contributed by atoms with van der Waals surface area (Å²) in [4.78, 5) is 15.1. The maximum atomic E-state index is 13.0. The van der Waals surface area contributed by atoms with Crippen LogP contribution in [0.15, 0.2) is 0 Å². The van der Waals surface area contributed by atoms with Gasteiger partial charge in [-0.3, -0.25) is 4.79 Å². The van der Waals surface area contributed by atoms with E-state index in [9.17, 15) is 4.79 Å². The lowest BCUT2D eigenvalue weighted by atomic mass is 9.84. The molecule has 0 aromatic heterocycles. The lowest BCUT2D eigenvalue weighted by molar-refractivity contribution is -0.132. The second-order valence-corrected chi connectivity index (χ2v) is 12.0. The Kier molecular flexibility index (Phi) is 19.4. The Balaban J connectivity index is 4.05. The lowest BCUT2D eigenvalue weighted by Crippen LogP contribution is -2.33. The molecule has 3 heteroatoms. The summed E-state index contributed by atoms with van der Waals surface area (Å²) in [5.41, 5.74) is 0.0600. The number of carbonyl (C=O) groups excluding carboxylic acids is 1. The van der Waals surface area contributed by atoms with Gasteiger partial charge in [0.2, 0.25) is 5.91 Å². The highest BCUT2D eigenvalue weighted by Gasteiger charge is 2.22. The van der Waals surface area contributed by atoms with E-state index in [0.717, 1.165) is 51.8 Å². The van der Waals surface area contributed by atoms with Crippen LogP contribution in [-0.2, 0) is 9.53 Å². The molecular weight excluding hydrogens is 406 g/mol. The molecular formula is C30H61NO2. The Hall–Kier alpha value is -0.570. The number of ether oxygens (including phenoxy) is 1. The van der Waals surface area contributed by atoms with E-state index in [1.165, 1.54) is 70.6 Å². The van der Waals surface area contributed by atoms with Gasteiger partial charge in [-0.1, -0.05) is 105 Å². The second-order valence-electron chi connectivity index (χ2n) is 12.0. The zero-order valence-electron chi connectivity index (χ0n) is 23.9. The van der Waals surface area contributed by atoms with Gasteiger partial charge in [0.05, 0.1) is 5.60 Å². The van der Waals surface area contributed by atoms with E-state index in [-0.39, 0.29) is 11.0 Å². The standard InChI is InChI=1S/C30H61NO2/c1-8-10-12-13-14-15-16-17-18-19-20-21-26-31(25-11-9-2)28(32)22-23-30(6,7)24-27-33-29(3,4)5/h8-27H2,1-7H3. The monoisotopic (exact) mass is 467 g/mol. The molecule has 198 valence electrons. The van der Waals surface area contributed by atoms with E-state index in [2.05, 4.69) is 53.4 Å². The van der Waals surface area contributed by atoms with Gasteiger partial charge in [0, 0.05) is 26.1 Å². The Morgan fingerprint density at radius 2 is 1.09 bits per heavy atom. The third-order valence-corrected chi connectivity index (χ3v) is 6.75. The highest BCUT2D eigenvalue weighted by molar-refractivity contribution is 5.76. The predicted molar refractivity (Wildman–Crippen MR) is 146 cm³/mol. The Bertz CT molecular complexity index is 453. The first-order chi connectivity index (χ1) is 15.6. The van der Waals surface area contributed by atoms with Crippen LogP contribution in [0.4, 0.5) is 0 Å². The molecule has 33 heavy (non-hydrogen) atoms. The molecule has 0 radical (unpaired) electrons. The van der Waals surface area contributed by atoms with Gasteiger partial charge in [-0.25, -0.2) is 0 Å². The SMILES string of the molecule is CCCCCCCCCCCCCCN(CCCC)C(=O)CCC(C)(C)CCOC(C)(C)C. The van der Waals surface area contributed by atoms with Crippen molar-refractivity contribution in [3.63, 3.8) is 0 Å². The summed E-state index contributed by atoms with van der Waals surface area (Å²) >= 11 is 0. The minimum absolute atomic E-state index is 0.0862. The molecule has 0 bridgehead atoms. The van der Waals surface area contributed by atoms with Crippen molar-refractivity contribution >= 4 is 5.91 Å². The largest absolute Gasteiger partial charge is 0.376 e. The minimum Gasteiger partial charge on any atom is -0.376 e. The maximum Gasteiger partial charge on any atom is 0.222 e. The summed E-state index contributed by atoms with van der Waals surface area (Å²) in [6, 6.07) is 0. The van der Waals surface area contributed by atoms with Crippen LogP contribution in [0.3, 0.4) is 0 Å². The van der Waals surface area contributed by atoms with E-state index in [1.807, 2.05) is 0 Å². The van der Waals surface area contributed by atoms with Crippen molar-refractivity contribution in [2.24, 2.45) is 5.41 Å². The summed E-state index contributed by atoms with van der Waals surface area (Å²) in [5, 5.41) is 0. The first-order valence-electron chi connectivity index (χ1n) is 14.5. The molecule has 0 fully saturated rings. The Morgan fingerprint density at radius 1 is 0.636 bits per heavy atom. The fourth-order valence-electron chi connectivity index (χ4n) is 4.22. The number of amides is 1. The van der Waals surface area contributed by atoms with Crippen LogP contribution in [0.1, 0.15) is 158 Å². The van der Waals surface area contributed by atoms with Crippen LogP contribution >= 0.6 is 0 Å². The van der Waals surface area contributed by atoms with Crippen molar-refractivity contribution in [2.45, 2.75) is 163 Å². The van der Waals surface area contributed by atoms with Gasteiger partial charge in [-0.2, -0.15) is 0 Å². The van der Waals surface area contributed by atoms with Gasteiger partial charge < -0.3 is 9.64 Å². The van der Waals surface area contributed by atoms with Gasteiger partial charge in [-0.05, 0) is 51.9 Å². The normalized spacial score (nSPS) is 12.3. The third-order valence-electron chi connectivity index (χ3n) is 6.75. The van der Waals surface area contributed by atoms with Crippen molar-refractivity contribution in [2.75, 3.05) is 19.7 Å². The topological polar surface area (TPSA) is 29.5 Å². The van der Waals surface area contributed by atoms with Crippen LogP contribution in [0.2, 0.25) is 0 Å². The molecule has 1 amide bonds. The Labute approximate surface area is 208 Å². The maximum absolute atomic E-state index is 13.0. The summed E-state index contributed by atoms with van der Waals surface area (Å²) in [5.74, 6) is 0.358. The van der Waals surface area contributed by atoms with Gasteiger partial charge in [0.1, 0.15) is 0 Å². The fraction of sp³-hybridized carbons (Fsp3) is 0.967. The van der Waals surface area contributed by atoms with Gasteiger partial charge >= 0.3 is 0 Å². The third kappa shape index (κ3) is 21.7. The number of hydrogen-bond acceptors (Lipinski definition) is 2. The molecule has 0 aliphatic carbocycles. The van der Waals surface area contributed by atoms with E-state index in [1.54, 1.807) is 0 Å². The molecule has 0 heterocycles. The van der Waals surface area contributed by atoms with Crippen LogP contribution < -0.4 is 0 Å². The van der Waals surface area contributed by atoms with E-state index < -0.39 is 0 Å². The van der Waals surface area contributed by atoms with E-state index in [0.29, 0.717) is 12.3 Å². The molecule has 0 atom stereocenters. The number of nitrogens with zero attached hydrogens (tertiary/aromatic N) is 1. The van der Waals surface area contributed by atoms with Crippen LogP contribution in [-0.4, -0.2) is 36.1 Å². The number of carbonyl (C=O) groups is 1. The number of hydrogen-bond donors (Lipinski definition) is 0. The van der Waals surface area contributed by atoms with Crippen molar-refractivity contribution in [1.29, 1.82) is 0 Å². The highest BCUT2D eigenvalue weighted by Crippen LogP contribution is 2.28. The van der Waals surface area contributed by atoms with Crippen molar-refractivity contribution < 1.29 is 9.53 Å². The van der Waals surface area contributed by atoms with Crippen LogP contribution in [0.25, 0.3) is 0 Å². The quantitative estimate of drug-likeness (QED) is 0.148. The average Bonchev–Trinajstić information content (AvgIpc) is 2.74. The van der Waals surface area contributed by atoms with E-state index >= 15 is 0 Å². The molecule has 0 saturated carbocycles. The summed E-state index contributed by atoms with van der Waals surface area (Å²) in [6.07, 6.45) is 21.2. The smallest absolute Gasteiger partial charge is 0.222 e. The molecule has 0 aliphatic heterocycles. The second kappa shape index (κ2) is 19.7. The van der Waals surface area contributed by atoms with Gasteiger partial charge in [0.15, 0.2) is 0 Å². The fourth-order valence-corrected chi connectivity index (χ4v) is 4.22. The van der Waals surface area contributed by atoms with Gasteiger partial charge in [-0.15, -0.1) is 0 Å². The number of unbranched alkanes of at least 4 members (excludes halogenated alkanes) is 12. The molecule has 0 unspecified atom stereocenters. The van der Waals surface area contributed by atoms with Crippen LogP contribution in [0, 0.1) is 5.41 Å². The molecule has 0 aromatic rings. The first kappa shape index (κ1) is 32.4. The zero-order valence-corrected chi connectivity index (χ0v) is 23.9. The lowest BCUT2D eigenvalue weighted by Gasteiger charge is -2.29. The molecule has 0 aromatic carbocycles. The summed E-state index contributed by atoms with van der Waals surface area (Å²) in [7, 11) is 0. The van der Waals surface area contributed by atoms with Gasteiger partial charge in [0.25, 0.3) is 0 Å². The molecule has 0 saturated heterocycles. The van der Waals surface area contributed by atoms with Crippen molar-refractivity contribution in [1.82, 2.24) is 4.90 Å². The molecule has 0 rings (SSSR count). The van der Waals surface area contributed by atoms with Crippen molar-refractivity contribution in [3.05, 3.63) is 0 Å². The highest BCUT2D eigenvalue weighted by atomic mass is 16.5. The molecule has 3 nitrogen and oxygen atoms in total. The first-order valence-corrected chi connectivity index (χ1v) is 14.5. The molecule has 0 spiro atoms. The minimum atomic E-state index is -0.0862. The number of rotatable bonds is 22.